The summed E-state index contributed by atoms with van der Waals surface area (Å²) >= 11 is 0. The van der Waals surface area contributed by atoms with E-state index in [4.69, 9.17) is 13.6 Å². The van der Waals surface area contributed by atoms with Crippen molar-refractivity contribution in [1.82, 2.24) is 15.2 Å². The summed E-state index contributed by atoms with van der Waals surface area (Å²) < 4.78 is 0. The molecule has 7 heteroatoms. The smallest absolute Gasteiger partial charge is 0.323 e. The molecule has 0 spiro atoms. The molecule has 2 aromatic carbocycles. The van der Waals surface area contributed by atoms with Gasteiger partial charge in [-0.15, -0.1) is 0 Å². The predicted octanol–water partition coefficient (Wildman–Crippen LogP) is 2.70. The van der Waals surface area contributed by atoms with Gasteiger partial charge in [0.05, 0.1) is 5.92 Å². The number of carbonyl (C=O) groups is 2. The number of aromatic nitrogens is 1. The van der Waals surface area contributed by atoms with Crippen molar-refractivity contribution in [2.45, 2.75) is 18.3 Å². The lowest BCUT2D eigenvalue weighted by molar-refractivity contribution is -0.145. The Hall–Kier alpha value is -3.61. The Bertz CT molecular complexity index is 1020. The van der Waals surface area contributed by atoms with E-state index in [1.165, 1.54) is 0 Å². The number of β-lactam (4-membered cyclic amide) rings is 1. The third kappa shape index (κ3) is 4.45. The monoisotopic (exact) mass is 410 g/mol. The van der Waals surface area contributed by atoms with Crippen LogP contribution in [0.15, 0.2) is 79.0 Å². The topological polar surface area (TPSA) is 88.3 Å². The highest BCUT2D eigenvalue weighted by Crippen LogP contribution is 2.29. The van der Waals surface area contributed by atoms with E-state index in [9.17, 15) is 9.59 Å². The Kier molecular flexibility index (Phi) is 6.02. The van der Waals surface area contributed by atoms with Crippen LogP contribution in [-0.2, 0) is 11.2 Å². The first-order valence-electron chi connectivity index (χ1n) is 10.2. The van der Waals surface area contributed by atoms with Crippen molar-refractivity contribution in [3.8, 4) is 0 Å². The van der Waals surface area contributed by atoms with Crippen LogP contribution in [0.2, 0.25) is 0 Å². The highest BCUT2D eigenvalue weighted by molar-refractivity contribution is 6.22. The number of urea groups is 1. The van der Waals surface area contributed by atoms with E-state index >= 15 is 0 Å². The number of anilines is 1. The largest absolute Gasteiger partial charge is 0.384 e. The summed E-state index contributed by atoms with van der Waals surface area (Å²) in [5.74, 6) is -1.05. The first-order valence-corrected chi connectivity index (χ1v) is 10.2. The molecule has 3 amide bonds. The van der Waals surface area contributed by atoms with Gasteiger partial charge in [-0.2, -0.15) is 0 Å². The lowest BCUT2D eigenvalue weighted by Crippen LogP contribution is -2.66. The molecular weight excluding hydrogens is 387 g/mol. The average molecular weight is 410 g/mol. The van der Waals surface area contributed by atoms with Crippen LogP contribution in [0.4, 0.5) is 10.6 Å². The molecule has 1 saturated heterocycles. The normalized spacial score (nSPS) is 18.0. The van der Waals surface area contributed by atoms with Crippen molar-refractivity contribution in [2.24, 2.45) is 5.92 Å². The molecule has 31 heavy (non-hydrogen) atoms. The van der Waals surface area contributed by atoms with Crippen LogP contribution in [0, 0.1) is 5.92 Å². The quantitative estimate of drug-likeness (QED) is 0.483. The second-order valence-electron chi connectivity index (χ2n) is 7.66. The fourth-order valence-corrected chi connectivity index (χ4v) is 3.96. The summed E-state index contributed by atoms with van der Waals surface area (Å²) in [6, 6.07) is 22.9. The molecule has 1 aliphatic rings. The van der Waals surface area contributed by atoms with E-state index in [0.717, 1.165) is 21.6 Å². The van der Waals surface area contributed by atoms with Gasteiger partial charge in [0.15, 0.2) is 0 Å². The molecule has 0 bridgehead atoms. The van der Waals surface area contributed by atoms with Gasteiger partial charge < -0.3 is 11.1 Å². The summed E-state index contributed by atoms with van der Waals surface area (Å²) in [5, 5.41) is 2.89. The maximum absolute atomic E-state index is 12.7. The Balaban J connectivity index is 1.41. The van der Waals surface area contributed by atoms with Gasteiger partial charge in [0, 0.05) is 24.6 Å². The van der Waals surface area contributed by atoms with Crippen LogP contribution >= 0.6 is 0 Å². The second kappa shape index (κ2) is 9.04. The number of imide groups is 1. The summed E-state index contributed by atoms with van der Waals surface area (Å²) in [6.07, 6.45) is 2.02. The van der Waals surface area contributed by atoms with Crippen molar-refractivity contribution in [3.05, 3.63) is 95.7 Å². The number of carbonyl (C=O) groups excluding carboxylic acids is 2. The Morgan fingerprint density at radius 1 is 1.06 bits per heavy atom. The molecule has 1 fully saturated rings. The number of nitrogens with one attached hydrogen (secondary N) is 1. The molecule has 1 aromatic heterocycles. The Morgan fingerprint density at radius 3 is 2.23 bits per heavy atom. The van der Waals surface area contributed by atoms with Crippen molar-refractivity contribution in [1.29, 1.82) is 0 Å². The van der Waals surface area contributed by atoms with Gasteiger partial charge >= 0.3 is 6.03 Å². The number of amides is 3. The molecule has 3 N–H and O–H groups in total. The van der Waals surface area contributed by atoms with Gasteiger partial charge in [-0.25, -0.2) is 9.78 Å². The van der Waals surface area contributed by atoms with E-state index < -0.39 is 17.9 Å². The number of rotatable bonds is 6. The van der Waals surface area contributed by atoms with Crippen molar-refractivity contribution in [2.75, 3.05) is 12.3 Å². The highest BCUT2D eigenvalue weighted by atomic mass is 16.2. The summed E-state index contributed by atoms with van der Waals surface area (Å²) in [4.78, 5) is 30.4. The van der Waals surface area contributed by atoms with E-state index in [0.29, 0.717) is 18.8 Å². The van der Waals surface area contributed by atoms with Crippen molar-refractivity contribution in [3.63, 3.8) is 0 Å². The maximum atomic E-state index is 12.7. The first-order chi connectivity index (χ1) is 15.0. The maximum Gasteiger partial charge on any atom is 0.323 e. The third-order valence-corrected chi connectivity index (χ3v) is 5.65. The van der Waals surface area contributed by atoms with Gasteiger partial charge in [-0.1, -0.05) is 60.7 Å². The minimum absolute atomic E-state index is 0.0328. The van der Waals surface area contributed by atoms with Crippen LogP contribution < -0.4 is 11.1 Å². The fraction of sp³-hybridized carbons (Fsp3) is 0.208. The number of nitrogens with zero attached hydrogens (tertiary/aromatic N) is 2. The summed E-state index contributed by atoms with van der Waals surface area (Å²) in [6.45, 7) is 0.356. The molecule has 6 nitrogen and oxygen atoms in total. The second-order valence-corrected chi connectivity index (χ2v) is 7.66. The Morgan fingerprint density at radius 2 is 1.68 bits per heavy atom. The van der Waals surface area contributed by atoms with Crippen LogP contribution in [-0.4, -0.2) is 42.2 Å². The van der Waals surface area contributed by atoms with E-state index in [1.54, 1.807) is 18.3 Å². The number of nitrogens with two attached hydrogens (primary N) is 1. The molecule has 3 aromatic rings. The zero-order valence-electron chi connectivity index (χ0n) is 17.0. The lowest BCUT2D eigenvalue weighted by Gasteiger charge is -2.44. The van der Waals surface area contributed by atoms with Crippen molar-refractivity contribution >= 4 is 25.6 Å². The van der Waals surface area contributed by atoms with Gasteiger partial charge in [0.25, 0.3) is 0 Å². The van der Waals surface area contributed by atoms with Crippen LogP contribution in [0.3, 0.4) is 0 Å². The van der Waals surface area contributed by atoms with E-state index in [2.05, 4.69) is 10.3 Å². The van der Waals surface area contributed by atoms with Crippen LogP contribution in [0.25, 0.3) is 0 Å². The lowest BCUT2D eigenvalue weighted by atomic mass is 9.72. The number of benzene rings is 2. The molecule has 2 radical (unpaired) electrons. The van der Waals surface area contributed by atoms with Gasteiger partial charge in [-0.3, -0.25) is 9.69 Å². The standard InChI is InChI=1S/C24H23BN4O2/c25-22-19(13-16-11-12-27-21(26)14-16)23(30)29(22)24(31)28-15-20(17-7-3-1-4-8-17)18-9-5-2-6-10-18/h1-12,14,19-20,22H,13,15H2,(H2,26,27)(H,28,31)/t19-,22?/m1/s1. The number of hydrogen-bond acceptors (Lipinski definition) is 4. The molecule has 2 heterocycles. The number of nitrogen functional groups attached to an aromatic ring is 1. The fourth-order valence-electron chi connectivity index (χ4n) is 3.96. The first kappa shape index (κ1) is 20.7. The van der Waals surface area contributed by atoms with Crippen LogP contribution in [0.1, 0.15) is 22.6 Å². The zero-order valence-corrected chi connectivity index (χ0v) is 17.0. The molecule has 2 atom stereocenters. The number of hydrogen-bond donors (Lipinski definition) is 2. The van der Waals surface area contributed by atoms with Gasteiger partial charge in [0.1, 0.15) is 13.7 Å². The zero-order chi connectivity index (χ0) is 21.8. The van der Waals surface area contributed by atoms with E-state index in [1.807, 2.05) is 60.7 Å². The molecule has 0 saturated carbocycles. The molecule has 154 valence electrons. The van der Waals surface area contributed by atoms with Gasteiger partial charge in [-0.05, 0) is 35.2 Å². The average Bonchev–Trinajstić information content (AvgIpc) is 2.79. The molecule has 0 aliphatic carbocycles. The predicted molar refractivity (Wildman–Crippen MR) is 120 cm³/mol. The van der Waals surface area contributed by atoms with Crippen LogP contribution in [0.5, 0.6) is 0 Å². The third-order valence-electron chi connectivity index (χ3n) is 5.65. The minimum atomic E-state index is -0.672. The highest BCUT2D eigenvalue weighted by Gasteiger charge is 2.47. The van der Waals surface area contributed by atoms with Crippen molar-refractivity contribution < 1.29 is 9.59 Å². The SMILES string of the molecule is [B]C1[C@@H](Cc2ccnc(N)c2)C(=O)N1C(=O)NCC(c1ccccc1)c1ccccc1. The summed E-state index contributed by atoms with van der Waals surface area (Å²) in [7, 11) is 6.17. The summed E-state index contributed by atoms with van der Waals surface area (Å²) in [5.41, 5.74) is 8.74. The molecule has 1 aliphatic heterocycles. The number of pyridine rings is 1. The molecule has 4 rings (SSSR count). The molecule has 1 unspecified atom stereocenters. The minimum Gasteiger partial charge on any atom is -0.384 e. The molecular formula is C24H23BN4O2. The number of likely N-dealkylation sites (tertiary alicyclic amines) is 1. The van der Waals surface area contributed by atoms with E-state index in [-0.39, 0.29) is 11.8 Å². The van der Waals surface area contributed by atoms with Gasteiger partial charge in [0.2, 0.25) is 5.91 Å². The Labute approximate surface area is 182 Å².